The predicted molar refractivity (Wildman–Crippen MR) is 90.7 cm³/mol. The van der Waals surface area contributed by atoms with Crippen LogP contribution in [-0.2, 0) is 4.79 Å². The van der Waals surface area contributed by atoms with E-state index < -0.39 is 5.92 Å². The third kappa shape index (κ3) is 2.29. The number of aromatic nitrogens is 1. The molecule has 2 heterocycles. The fourth-order valence-corrected chi connectivity index (χ4v) is 5.04. The highest BCUT2D eigenvalue weighted by atomic mass is 32.1. The van der Waals surface area contributed by atoms with Gasteiger partial charge in [0.15, 0.2) is 11.4 Å². The van der Waals surface area contributed by atoms with E-state index in [0.717, 1.165) is 21.9 Å². The minimum Gasteiger partial charge on any atom is -0.246 e. The molecule has 1 atom stereocenters. The van der Waals surface area contributed by atoms with Crippen LogP contribution in [0.15, 0.2) is 24.3 Å². The maximum absolute atomic E-state index is 12.9. The van der Waals surface area contributed by atoms with Crippen LogP contribution in [0.3, 0.4) is 0 Å². The molecule has 1 aromatic heterocycles. The Kier molecular flexibility index (Phi) is 3.68. The smallest absolute Gasteiger partial charge is 0.246 e. The summed E-state index contributed by atoms with van der Waals surface area (Å²) in [4.78, 5) is 27.6. The van der Waals surface area contributed by atoms with Gasteiger partial charge in [-0.25, -0.2) is 9.59 Å². The van der Waals surface area contributed by atoms with Crippen LogP contribution in [0.2, 0.25) is 0 Å². The SMILES string of the molecule is CCC1C(=O)N(CC2CCCC2)c2sc3ccccc3[n+]2C1=O. The monoisotopic (exact) mass is 329 g/mol. The van der Waals surface area contributed by atoms with Gasteiger partial charge in [-0.05, 0) is 48.6 Å². The van der Waals surface area contributed by atoms with E-state index in [-0.39, 0.29) is 11.8 Å². The van der Waals surface area contributed by atoms with E-state index in [2.05, 4.69) is 0 Å². The molecular weight excluding hydrogens is 308 g/mol. The highest BCUT2D eigenvalue weighted by Gasteiger charge is 2.48. The van der Waals surface area contributed by atoms with Gasteiger partial charge in [-0.15, -0.1) is 4.57 Å². The van der Waals surface area contributed by atoms with Crippen molar-refractivity contribution in [2.24, 2.45) is 11.8 Å². The molecule has 23 heavy (non-hydrogen) atoms. The average Bonchev–Trinajstić information content (AvgIpc) is 3.19. The van der Waals surface area contributed by atoms with E-state index >= 15 is 0 Å². The van der Waals surface area contributed by atoms with E-state index in [1.807, 2.05) is 36.1 Å². The standard InChI is InChI=1S/C18H21N2O2S/c1-2-13-16(21)19(11-12-7-3-4-8-12)18-20(17(13)22)14-9-5-6-10-15(14)23-18/h5-6,9-10,12-13H,2-4,7-8,11H2,1H3/q+1. The van der Waals surface area contributed by atoms with Crippen molar-refractivity contribution >= 4 is 38.5 Å². The molecule has 1 fully saturated rings. The van der Waals surface area contributed by atoms with Crippen LogP contribution in [0.25, 0.3) is 10.2 Å². The molecule has 1 aliphatic heterocycles. The number of fused-ring (bicyclic) bond motifs is 3. The Hall–Kier alpha value is -1.75. The van der Waals surface area contributed by atoms with E-state index in [1.54, 1.807) is 15.9 Å². The largest absolute Gasteiger partial charge is 0.352 e. The topological polar surface area (TPSA) is 41.3 Å². The van der Waals surface area contributed by atoms with Gasteiger partial charge in [0.05, 0.1) is 11.2 Å². The van der Waals surface area contributed by atoms with Gasteiger partial charge >= 0.3 is 16.9 Å². The van der Waals surface area contributed by atoms with Crippen LogP contribution in [0.4, 0.5) is 5.13 Å². The number of rotatable bonds is 3. The number of carbonyl (C=O) groups excluding carboxylic acids is 2. The summed E-state index contributed by atoms with van der Waals surface area (Å²) in [6, 6.07) is 7.94. The first-order valence-corrected chi connectivity index (χ1v) is 9.31. The Bertz CT molecular complexity index is 776. The molecule has 0 radical (unpaired) electrons. The first-order valence-electron chi connectivity index (χ1n) is 8.50. The number of thiazole rings is 1. The second-order valence-corrected chi connectivity index (χ2v) is 7.60. The quantitative estimate of drug-likeness (QED) is 0.640. The van der Waals surface area contributed by atoms with E-state index in [0.29, 0.717) is 12.3 Å². The second-order valence-electron chi connectivity index (χ2n) is 6.59. The van der Waals surface area contributed by atoms with E-state index in [9.17, 15) is 9.59 Å². The summed E-state index contributed by atoms with van der Waals surface area (Å²) in [6.45, 7) is 2.68. The van der Waals surface area contributed by atoms with Gasteiger partial charge in [0.1, 0.15) is 0 Å². The molecule has 0 bridgehead atoms. The number of anilines is 1. The summed E-state index contributed by atoms with van der Waals surface area (Å²) >= 11 is 1.56. The molecule has 2 aromatic rings. The highest BCUT2D eigenvalue weighted by molar-refractivity contribution is 7.21. The van der Waals surface area contributed by atoms with Gasteiger partial charge < -0.3 is 0 Å². The minimum absolute atomic E-state index is 0.00374. The predicted octanol–water partition coefficient (Wildman–Crippen LogP) is 3.39. The molecule has 0 spiro atoms. The van der Waals surface area contributed by atoms with Crippen LogP contribution in [0, 0.1) is 11.8 Å². The zero-order chi connectivity index (χ0) is 16.0. The van der Waals surface area contributed by atoms with Crippen molar-refractivity contribution in [3.63, 3.8) is 0 Å². The molecule has 5 heteroatoms. The number of nitrogens with zero attached hydrogens (tertiary/aromatic N) is 2. The zero-order valence-corrected chi connectivity index (χ0v) is 14.1. The summed E-state index contributed by atoms with van der Waals surface area (Å²) < 4.78 is 2.85. The minimum atomic E-state index is -0.535. The zero-order valence-electron chi connectivity index (χ0n) is 13.3. The Morgan fingerprint density at radius 1 is 1.22 bits per heavy atom. The lowest BCUT2D eigenvalue weighted by Gasteiger charge is -2.25. The summed E-state index contributed by atoms with van der Waals surface area (Å²) in [5, 5.41) is 0.804. The normalized spacial score (nSPS) is 22.1. The van der Waals surface area contributed by atoms with Gasteiger partial charge in [-0.2, -0.15) is 4.90 Å². The van der Waals surface area contributed by atoms with Crippen molar-refractivity contribution in [2.45, 2.75) is 39.0 Å². The van der Waals surface area contributed by atoms with Gasteiger partial charge in [-0.3, -0.25) is 0 Å². The summed E-state index contributed by atoms with van der Waals surface area (Å²) in [5.74, 6) is -0.0289. The third-order valence-corrected chi connectivity index (χ3v) is 6.29. The van der Waals surface area contributed by atoms with Crippen LogP contribution < -0.4 is 9.47 Å². The van der Waals surface area contributed by atoms with Crippen LogP contribution in [-0.4, -0.2) is 18.4 Å². The number of amides is 1. The summed E-state index contributed by atoms with van der Waals surface area (Å²) in [7, 11) is 0. The van der Waals surface area contributed by atoms with Crippen LogP contribution in [0.5, 0.6) is 0 Å². The summed E-state index contributed by atoms with van der Waals surface area (Å²) in [6.07, 6.45) is 5.47. The Labute approximate surface area is 139 Å². The Balaban J connectivity index is 1.84. The summed E-state index contributed by atoms with van der Waals surface area (Å²) in [5.41, 5.74) is 0.930. The molecule has 1 saturated carbocycles. The molecule has 0 N–H and O–H groups in total. The molecule has 4 nitrogen and oxygen atoms in total. The van der Waals surface area contributed by atoms with Crippen molar-refractivity contribution in [3.8, 4) is 0 Å². The lowest BCUT2D eigenvalue weighted by Crippen LogP contribution is -2.60. The molecule has 0 saturated heterocycles. The fraction of sp³-hybridized carbons (Fsp3) is 0.500. The van der Waals surface area contributed by atoms with Crippen molar-refractivity contribution < 1.29 is 14.2 Å². The third-order valence-electron chi connectivity index (χ3n) is 5.14. The Morgan fingerprint density at radius 2 is 1.96 bits per heavy atom. The molecule has 1 unspecified atom stereocenters. The van der Waals surface area contributed by atoms with Crippen LogP contribution >= 0.6 is 11.3 Å². The van der Waals surface area contributed by atoms with Gasteiger partial charge in [0, 0.05) is 0 Å². The molecule has 1 amide bonds. The molecular formula is C18H21N2O2S+. The van der Waals surface area contributed by atoms with Gasteiger partial charge in [-0.1, -0.05) is 31.9 Å². The Morgan fingerprint density at radius 3 is 2.70 bits per heavy atom. The van der Waals surface area contributed by atoms with Crippen LogP contribution in [0.1, 0.15) is 43.8 Å². The highest BCUT2D eigenvalue weighted by Crippen LogP contribution is 2.34. The van der Waals surface area contributed by atoms with Crippen molar-refractivity contribution in [2.75, 3.05) is 11.4 Å². The van der Waals surface area contributed by atoms with Crippen molar-refractivity contribution in [3.05, 3.63) is 24.3 Å². The number of carbonyl (C=O) groups is 2. The maximum atomic E-state index is 12.9. The first-order chi connectivity index (χ1) is 11.2. The average molecular weight is 329 g/mol. The number of benzene rings is 1. The maximum Gasteiger partial charge on any atom is 0.352 e. The van der Waals surface area contributed by atoms with E-state index in [1.165, 1.54) is 25.7 Å². The molecule has 1 aromatic carbocycles. The van der Waals surface area contributed by atoms with Gasteiger partial charge in [0.25, 0.3) is 0 Å². The lowest BCUT2D eigenvalue weighted by atomic mass is 10.00. The first kappa shape index (κ1) is 14.8. The van der Waals surface area contributed by atoms with Crippen molar-refractivity contribution in [1.29, 1.82) is 0 Å². The number of hydrogen-bond donors (Lipinski definition) is 0. The van der Waals surface area contributed by atoms with Gasteiger partial charge in [0.2, 0.25) is 0 Å². The van der Waals surface area contributed by atoms with E-state index in [4.69, 9.17) is 0 Å². The number of para-hydroxylation sites is 1. The fourth-order valence-electron chi connectivity index (χ4n) is 3.88. The molecule has 2 aliphatic rings. The second kappa shape index (κ2) is 5.71. The molecule has 4 rings (SSSR count). The molecule has 120 valence electrons. The van der Waals surface area contributed by atoms with Crippen molar-refractivity contribution in [1.82, 2.24) is 0 Å². The molecule has 1 aliphatic carbocycles. The lowest BCUT2D eigenvalue weighted by molar-refractivity contribution is -0.533. The number of hydrogen-bond acceptors (Lipinski definition) is 3.